The standard InChI is InChI=1S/C19H20N2O2S.ClH/c22-18(17-6-3-11-24-17)15-4-1-2-5-16(15)19(23)21-10-9-13-7-8-14(12-21)20-13;/h1-6,11,13-14,20H,7-10,12H2;1H. The minimum Gasteiger partial charge on any atom is -0.337 e. The van der Waals surface area contributed by atoms with Crippen molar-refractivity contribution in [2.45, 2.75) is 31.3 Å². The third-order valence-electron chi connectivity index (χ3n) is 4.96. The maximum Gasteiger partial charge on any atom is 0.254 e. The van der Waals surface area contributed by atoms with E-state index in [1.54, 1.807) is 12.1 Å². The Morgan fingerprint density at radius 1 is 1.00 bits per heavy atom. The zero-order valence-corrected chi connectivity index (χ0v) is 15.4. The van der Waals surface area contributed by atoms with Crippen LogP contribution in [0.4, 0.5) is 0 Å². The molecule has 6 heteroatoms. The Hall–Kier alpha value is -1.69. The van der Waals surface area contributed by atoms with Crippen molar-refractivity contribution in [3.05, 3.63) is 57.8 Å². The number of nitrogens with one attached hydrogen (secondary N) is 1. The second-order valence-electron chi connectivity index (χ2n) is 6.53. The number of fused-ring (bicyclic) bond motifs is 2. The van der Waals surface area contributed by atoms with Crippen LogP contribution >= 0.6 is 23.7 Å². The van der Waals surface area contributed by atoms with Crippen molar-refractivity contribution in [3.8, 4) is 0 Å². The van der Waals surface area contributed by atoms with Crippen molar-refractivity contribution in [1.29, 1.82) is 0 Å². The van der Waals surface area contributed by atoms with Crippen molar-refractivity contribution in [1.82, 2.24) is 10.2 Å². The maximum absolute atomic E-state index is 13.1. The van der Waals surface area contributed by atoms with E-state index in [9.17, 15) is 9.59 Å². The van der Waals surface area contributed by atoms with E-state index in [1.165, 1.54) is 17.8 Å². The number of amides is 1. The molecule has 2 aliphatic heterocycles. The van der Waals surface area contributed by atoms with Crippen LogP contribution in [0.5, 0.6) is 0 Å². The van der Waals surface area contributed by atoms with Crippen molar-refractivity contribution in [2.24, 2.45) is 0 Å². The summed E-state index contributed by atoms with van der Waals surface area (Å²) in [4.78, 5) is 28.4. The molecule has 0 spiro atoms. The lowest BCUT2D eigenvalue weighted by Gasteiger charge is -2.25. The highest BCUT2D eigenvalue weighted by Gasteiger charge is 2.32. The molecule has 1 amide bonds. The molecule has 0 radical (unpaired) electrons. The zero-order chi connectivity index (χ0) is 16.5. The van der Waals surface area contributed by atoms with Gasteiger partial charge in [-0.25, -0.2) is 0 Å². The largest absolute Gasteiger partial charge is 0.337 e. The molecule has 0 aliphatic carbocycles. The first-order valence-corrected chi connectivity index (χ1v) is 9.33. The summed E-state index contributed by atoms with van der Waals surface area (Å²) in [5, 5.41) is 5.47. The highest BCUT2D eigenvalue weighted by atomic mass is 35.5. The fourth-order valence-corrected chi connectivity index (χ4v) is 4.38. The Labute approximate surface area is 157 Å². The molecule has 4 nitrogen and oxygen atoms in total. The van der Waals surface area contributed by atoms with Gasteiger partial charge in [0.15, 0.2) is 0 Å². The molecule has 4 rings (SSSR count). The number of carbonyl (C=O) groups is 2. The van der Waals surface area contributed by atoms with Crippen LogP contribution in [0.1, 0.15) is 44.9 Å². The van der Waals surface area contributed by atoms with Crippen molar-refractivity contribution >= 4 is 35.4 Å². The fourth-order valence-electron chi connectivity index (χ4n) is 3.71. The van der Waals surface area contributed by atoms with Crippen LogP contribution in [-0.2, 0) is 0 Å². The first-order valence-electron chi connectivity index (χ1n) is 8.45. The molecule has 3 heterocycles. The van der Waals surface area contributed by atoms with Gasteiger partial charge < -0.3 is 10.2 Å². The molecule has 2 aliphatic rings. The summed E-state index contributed by atoms with van der Waals surface area (Å²) in [5.41, 5.74) is 1.03. The van der Waals surface area contributed by atoms with Gasteiger partial charge in [-0.05, 0) is 36.8 Å². The van der Waals surface area contributed by atoms with Crippen molar-refractivity contribution in [2.75, 3.05) is 13.1 Å². The number of halogens is 1. The van der Waals surface area contributed by atoms with E-state index in [4.69, 9.17) is 0 Å². The molecule has 2 fully saturated rings. The first-order chi connectivity index (χ1) is 11.7. The smallest absolute Gasteiger partial charge is 0.254 e. The number of carbonyl (C=O) groups excluding carboxylic acids is 2. The average Bonchev–Trinajstić information content (AvgIpc) is 3.23. The van der Waals surface area contributed by atoms with Gasteiger partial charge in [0.25, 0.3) is 5.91 Å². The minimum absolute atomic E-state index is 0. The second kappa shape index (κ2) is 7.68. The summed E-state index contributed by atoms with van der Waals surface area (Å²) in [6.07, 6.45) is 3.33. The van der Waals surface area contributed by atoms with Gasteiger partial charge in [-0.1, -0.05) is 24.3 Å². The molecular weight excluding hydrogens is 356 g/mol. The molecule has 2 unspecified atom stereocenters. The summed E-state index contributed by atoms with van der Waals surface area (Å²) >= 11 is 1.41. The molecule has 1 aromatic heterocycles. The van der Waals surface area contributed by atoms with E-state index < -0.39 is 0 Å². The van der Waals surface area contributed by atoms with E-state index >= 15 is 0 Å². The lowest BCUT2D eigenvalue weighted by molar-refractivity contribution is 0.0744. The summed E-state index contributed by atoms with van der Waals surface area (Å²) in [6, 6.07) is 11.8. The number of rotatable bonds is 3. The summed E-state index contributed by atoms with van der Waals surface area (Å²) in [7, 11) is 0. The van der Waals surface area contributed by atoms with Crippen LogP contribution < -0.4 is 5.32 Å². The zero-order valence-electron chi connectivity index (χ0n) is 13.8. The number of likely N-dealkylation sites (tertiary alicyclic amines) is 1. The third kappa shape index (κ3) is 3.64. The third-order valence-corrected chi connectivity index (χ3v) is 5.83. The van der Waals surface area contributed by atoms with E-state index in [-0.39, 0.29) is 24.1 Å². The van der Waals surface area contributed by atoms with E-state index in [1.807, 2.05) is 34.5 Å². The van der Waals surface area contributed by atoms with Crippen LogP contribution in [0.15, 0.2) is 41.8 Å². The maximum atomic E-state index is 13.1. The molecule has 0 saturated carbocycles. The molecule has 25 heavy (non-hydrogen) atoms. The van der Waals surface area contributed by atoms with E-state index in [2.05, 4.69) is 5.32 Å². The molecule has 132 valence electrons. The van der Waals surface area contributed by atoms with Crippen LogP contribution in [0, 0.1) is 0 Å². The molecular formula is C19H21ClN2O2S. The molecule has 2 aromatic rings. The molecule has 1 aromatic carbocycles. The van der Waals surface area contributed by atoms with Gasteiger partial charge in [0.1, 0.15) is 0 Å². The number of ketones is 1. The number of benzene rings is 1. The predicted molar refractivity (Wildman–Crippen MR) is 102 cm³/mol. The quantitative estimate of drug-likeness (QED) is 0.835. The number of hydrogen-bond acceptors (Lipinski definition) is 4. The topological polar surface area (TPSA) is 49.4 Å². The number of nitrogens with zero attached hydrogens (tertiary/aromatic N) is 1. The Bertz CT molecular complexity index is 763. The van der Waals surface area contributed by atoms with Gasteiger partial charge in [0.05, 0.1) is 10.4 Å². The highest BCUT2D eigenvalue weighted by molar-refractivity contribution is 7.12. The Morgan fingerprint density at radius 2 is 1.76 bits per heavy atom. The summed E-state index contributed by atoms with van der Waals surface area (Å²) in [5.74, 6) is -0.0896. The SMILES string of the molecule is Cl.O=C(c1cccs1)c1ccccc1C(=O)N1CCC2CCC(C1)N2. The highest BCUT2D eigenvalue weighted by Crippen LogP contribution is 2.24. The number of hydrogen-bond donors (Lipinski definition) is 1. The van der Waals surface area contributed by atoms with Crippen molar-refractivity contribution in [3.63, 3.8) is 0 Å². The predicted octanol–water partition coefficient (Wildman–Crippen LogP) is 3.37. The number of thiophene rings is 1. The Balaban J connectivity index is 0.00000182. The minimum atomic E-state index is -0.0663. The van der Waals surface area contributed by atoms with Crippen LogP contribution in [-0.4, -0.2) is 41.8 Å². The Kier molecular flexibility index (Phi) is 5.57. The van der Waals surface area contributed by atoms with Gasteiger partial charge >= 0.3 is 0 Å². The monoisotopic (exact) mass is 376 g/mol. The van der Waals surface area contributed by atoms with E-state index in [0.29, 0.717) is 28.1 Å². The van der Waals surface area contributed by atoms with Gasteiger partial charge in [0, 0.05) is 30.7 Å². The van der Waals surface area contributed by atoms with Crippen LogP contribution in [0.2, 0.25) is 0 Å². The molecule has 2 bridgehead atoms. The van der Waals surface area contributed by atoms with Gasteiger partial charge in [-0.2, -0.15) is 0 Å². The first kappa shape index (κ1) is 18.1. The van der Waals surface area contributed by atoms with Gasteiger partial charge in [0.2, 0.25) is 5.78 Å². The Morgan fingerprint density at radius 3 is 2.52 bits per heavy atom. The summed E-state index contributed by atoms with van der Waals surface area (Å²) < 4.78 is 0. The fraction of sp³-hybridized carbons (Fsp3) is 0.368. The van der Waals surface area contributed by atoms with Crippen LogP contribution in [0.25, 0.3) is 0 Å². The second-order valence-corrected chi connectivity index (χ2v) is 7.48. The lowest BCUT2D eigenvalue weighted by Crippen LogP contribution is -2.39. The normalized spacial score (nSPS) is 22.2. The van der Waals surface area contributed by atoms with E-state index in [0.717, 1.165) is 25.9 Å². The molecule has 2 atom stereocenters. The molecule has 1 N–H and O–H groups in total. The van der Waals surface area contributed by atoms with Crippen LogP contribution in [0.3, 0.4) is 0 Å². The van der Waals surface area contributed by atoms with Crippen molar-refractivity contribution < 1.29 is 9.59 Å². The average molecular weight is 377 g/mol. The van der Waals surface area contributed by atoms with Gasteiger partial charge in [-0.15, -0.1) is 23.7 Å². The van der Waals surface area contributed by atoms with Gasteiger partial charge in [-0.3, -0.25) is 9.59 Å². The lowest BCUT2D eigenvalue weighted by atomic mass is 10.0. The molecule has 2 saturated heterocycles. The summed E-state index contributed by atoms with van der Waals surface area (Å²) in [6.45, 7) is 1.49.